The number of aryl methyl sites for hydroxylation is 1. The molecule has 2 N–H and O–H groups in total. The molecule has 1 amide bonds. The highest BCUT2D eigenvalue weighted by molar-refractivity contribution is 5.79. The maximum atomic E-state index is 12.2. The quantitative estimate of drug-likeness (QED) is 0.822. The fourth-order valence-electron chi connectivity index (χ4n) is 2.62. The molecule has 2 atom stereocenters. The summed E-state index contributed by atoms with van der Waals surface area (Å²) in [5.74, 6) is 0.641. The first-order chi connectivity index (χ1) is 11.5. The van der Waals surface area contributed by atoms with Crippen LogP contribution in [0.4, 0.5) is 0 Å². The minimum absolute atomic E-state index is 0.0942. The van der Waals surface area contributed by atoms with Gasteiger partial charge < -0.3 is 15.2 Å². The first-order valence-electron chi connectivity index (χ1n) is 8.22. The molecule has 0 heterocycles. The van der Waals surface area contributed by atoms with E-state index in [9.17, 15) is 9.90 Å². The van der Waals surface area contributed by atoms with Crippen LogP contribution < -0.4 is 10.1 Å². The summed E-state index contributed by atoms with van der Waals surface area (Å²) >= 11 is 0. The van der Waals surface area contributed by atoms with Crippen LogP contribution in [0.15, 0.2) is 48.5 Å². The molecule has 0 aliphatic rings. The van der Waals surface area contributed by atoms with Gasteiger partial charge in [0.05, 0.1) is 25.7 Å². The predicted octanol–water partition coefficient (Wildman–Crippen LogP) is 3.04. The normalized spacial score (nSPS) is 13.2. The van der Waals surface area contributed by atoms with Gasteiger partial charge in [-0.1, -0.05) is 43.3 Å². The molecule has 0 spiro atoms. The fraction of sp³-hybridized carbons (Fsp3) is 0.350. The number of aliphatic hydroxyl groups excluding tert-OH is 1. The summed E-state index contributed by atoms with van der Waals surface area (Å²) in [7, 11) is 1.60. The molecule has 2 unspecified atom stereocenters. The van der Waals surface area contributed by atoms with E-state index in [0.29, 0.717) is 6.42 Å². The Balaban J connectivity index is 1.94. The van der Waals surface area contributed by atoms with Crippen molar-refractivity contribution < 1.29 is 14.6 Å². The number of carbonyl (C=O) groups is 1. The van der Waals surface area contributed by atoms with E-state index in [-0.39, 0.29) is 11.9 Å². The number of rotatable bonds is 7. The maximum absolute atomic E-state index is 12.2. The molecule has 128 valence electrons. The van der Waals surface area contributed by atoms with Gasteiger partial charge in [0, 0.05) is 0 Å². The van der Waals surface area contributed by atoms with Crippen LogP contribution in [0.25, 0.3) is 0 Å². The molecule has 0 aliphatic heterocycles. The molecular weight excluding hydrogens is 302 g/mol. The van der Waals surface area contributed by atoms with E-state index in [1.807, 2.05) is 18.2 Å². The Kier molecular flexibility index (Phi) is 6.38. The lowest BCUT2D eigenvalue weighted by molar-refractivity contribution is -0.121. The van der Waals surface area contributed by atoms with Crippen molar-refractivity contribution >= 4 is 5.91 Å². The van der Waals surface area contributed by atoms with E-state index in [1.54, 1.807) is 38.3 Å². The first-order valence-corrected chi connectivity index (χ1v) is 8.22. The third-order valence-corrected chi connectivity index (χ3v) is 4.08. The first kappa shape index (κ1) is 18.0. The number of ether oxygens (including phenoxy) is 1. The van der Waals surface area contributed by atoms with Crippen LogP contribution in [-0.4, -0.2) is 24.2 Å². The molecule has 0 aromatic heterocycles. The molecule has 0 radical (unpaired) electrons. The second-order valence-electron chi connectivity index (χ2n) is 5.92. The predicted molar refractivity (Wildman–Crippen MR) is 95.1 cm³/mol. The Morgan fingerprint density at radius 1 is 1.17 bits per heavy atom. The third kappa shape index (κ3) is 4.83. The number of amides is 1. The lowest BCUT2D eigenvalue weighted by Gasteiger charge is -2.21. The van der Waals surface area contributed by atoms with Crippen molar-refractivity contribution in [2.24, 2.45) is 0 Å². The Morgan fingerprint density at radius 2 is 1.83 bits per heavy atom. The molecule has 4 heteroatoms. The van der Waals surface area contributed by atoms with E-state index in [0.717, 1.165) is 23.3 Å². The van der Waals surface area contributed by atoms with Crippen LogP contribution in [0, 0.1) is 0 Å². The van der Waals surface area contributed by atoms with Gasteiger partial charge in [0.2, 0.25) is 5.91 Å². The van der Waals surface area contributed by atoms with E-state index in [4.69, 9.17) is 4.74 Å². The number of hydrogen-bond acceptors (Lipinski definition) is 3. The molecule has 0 saturated heterocycles. The number of nitrogens with one attached hydrogen (secondary N) is 1. The van der Waals surface area contributed by atoms with Crippen LogP contribution in [-0.2, 0) is 17.6 Å². The SMILES string of the molecule is CCc1cccc(CC(=O)NC(C)C(O)c2ccc(OC)cc2)c1. The van der Waals surface area contributed by atoms with Gasteiger partial charge in [0.1, 0.15) is 5.75 Å². The molecule has 0 fully saturated rings. The number of benzene rings is 2. The monoisotopic (exact) mass is 327 g/mol. The molecule has 2 aromatic carbocycles. The highest BCUT2D eigenvalue weighted by Gasteiger charge is 2.18. The summed E-state index contributed by atoms with van der Waals surface area (Å²) < 4.78 is 5.11. The average molecular weight is 327 g/mol. The zero-order valence-corrected chi connectivity index (χ0v) is 14.5. The lowest BCUT2D eigenvalue weighted by atomic mass is 10.0. The van der Waals surface area contributed by atoms with Gasteiger partial charge in [-0.15, -0.1) is 0 Å². The highest BCUT2D eigenvalue weighted by Crippen LogP contribution is 2.20. The Hall–Kier alpha value is -2.33. The van der Waals surface area contributed by atoms with Crippen molar-refractivity contribution in [2.75, 3.05) is 7.11 Å². The summed E-state index contributed by atoms with van der Waals surface area (Å²) in [6.45, 7) is 3.89. The zero-order valence-electron chi connectivity index (χ0n) is 14.5. The van der Waals surface area contributed by atoms with E-state index >= 15 is 0 Å². The Morgan fingerprint density at radius 3 is 2.46 bits per heavy atom. The summed E-state index contributed by atoms with van der Waals surface area (Å²) in [5.41, 5.74) is 2.95. The summed E-state index contributed by atoms with van der Waals surface area (Å²) in [6, 6.07) is 14.8. The van der Waals surface area contributed by atoms with Crippen LogP contribution in [0.5, 0.6) is 5.75 Å². The van der Waals surface area contributed by atoms with E-state index in [1.165, 1.54) is 5.56 Å². The maximum Gasteiger partial charge on any atom is 0.224 e. The number of aliphatic hydroxyl groups is 1. The van der Waals surface area contributed by atoms with Gasteiger partial charge in [0.15, 0.2) is 0 Å². The van der Waals surface area contributed by atoms with Crippen molar-refractivity contribution in [2.45, 2.75) is 38.8 Å². The van der Waals surface area contributed by atoms with Gasteiger partial charge in [-0.2, -0.15) is 0 Å². The van der Waals surface area contributed by atoms with Gasteiger partial charge in [-0.3, -0.25) is 4.79 Å². The van der Waals surface area contributed by atoms with E-state index < -0.39 is 6.10 Å². The molecule has 4 nitrogen and oxygen atoms in total. The smallest absolute Gasteiger partial charge is 0.224 e. The molecule has 0 bridgehead atoms. The van der Waals surface area contributed by atoms with Gasteiger partial charge in [-0.05, 0) is 42.2 Å². The minimum atomic E-state index is -0.762. The summed E-state index contributed by atoms with van der Waals surface area (Å²) in [6.07, 6.45) is 0.497. The molecule has 2 rings (SSSR count). The standard InChI is InChI=1S/C20H25NO3/c1-4-15-6-5-7-16(12-15)13-19(22)21-14(2)20(23)17-8-10-18(24-3)11-9-17/h5-12,14,20,23H,4,13H2,1-3H3,(H,21,22). The summed E-state index contributed by atoms with van der Waals surface area (Å²) in [5, 5.41) is 13.3. The van der Waals surface area contributed by atoms with Crippen molar-refractivity contribution in [1.29, 1.82) is 0 Å². The second kappa shape index (κ2) is 8.50. The minimum Gasteiger partial charge on any atom is -0.497 e. The van der Waals surface area contributed by atoms with Crippen LogP contribution >= 0.6 is 0 Å². The van der Waals surface area contributed by atoms with Gasteiger partial charge in [-0.25, -0.2) is 0 Å². The number of hydrogen-bond donors (Lipinski definition) is 2. The average Bonchev–Trinajstić information content (AvgIpc) is 2.61. The zero-order chi connectivity index (χ0) is 17.5. The Labute approximate surface area is 143 Å². The molecule has 0 aliphatic carbocycles. The highest BCUT2D eigenvalue weighted by atomic mass is 16.5. The van der Waals surface area contributed by atoms with Crippen molar-refractivity contribution in [1.82, 2.24) is 5.32 Å². The van der Waals surface area contributed by atoms with Crippen molar-refractivity contribution in [3.05, 3.63) is 65.2 Å². The number of methoxy groups -OCH3 is 1. The molecule has 2 aromatic rings. The second-order valence-corrected chi connectivity index (χ2v) is 5.92. The van der Waals surface area contributed by atoms with E-state index in [2.05, 4.69) is 18.3 Å². The largest absolute Gasteiger partial charge is 0.497 e. The van der Waals surface area contributed by atoms with Gasteiger partial charge >= 0.3 is 0 Å². The van der Waals surface area contributed by atoms with Crippen LogP contribution in [0.2, 0.25) is 0 Å². The topological polar surface area (TPSA) is 58.6 Å². The molecular formula is C20H25NO3. The fourth-order valence-corrected chi connectivity index (χ4v) is 2.62. The lowest BCUT2D eigenvalue weighted by Crippen LogP contribution is -2.37. The number of carbonyl (C=O) groups excluding carboxylic acids is 1. The molecule has 24 heavy (non-hydrogen) atoms. The summed E-state index contributed by atoms with van der Waals surface area (Å²) in [4.78, 5) is 12.2. The van der Waals surface area contributed by atoms with Crippen LogP contribution in [0.3, 0.4) is 0 Å². The van der Waals surface area contributed by atoms with Crippen molar-refractivity contribution in [3.8, 4) is 5.75 Å². The van der Waals surface area contributed by atoms with Crippen molar-refractivity contribution in [3.63, 3.8) is 0 Å². The van der Waals surface area contributed by atoms with Crippen LogP contribution in [0.1, 0.15) is 36.6 Å². The Bertz CT molecular complexity index is 667. The van der Waals surface area contributed by atoms with Gasteiger partial charge in [0.25, 0.3) is 0 Å². The molecule has 0 saturated carbocycles. The third-order valence-electron chi connectivity index (χ3n) is 4.08.